The highest BCUT2D eigenvalue weighted by atomic mass is 19.4. The van der Waals surface area contributed by atoms with Crippen LogP contribution in [0, 0.1) is 0 Å². The first-order valence-electron chi connectivity index (χ1n) is 10.1. The van der Waals surface area contributed by atoms with Gasteiger partial charge in [-0.3, -0.25) is 0 Å². The molecule has 0 aliphatic rings. The maximum Gasteiger partial charge on any atom is 0.421 e. The minimum atomic E-state index is -4.61. The molecule has 0 saturated heterocycles. The van der Waals surface area contributed by atoms with Crippen LogP contribution in [-0.2, 0) is 6.18 Å². The Morgan fingerprint density at radius 2 is 1.62 bits per heavy atom. The van der Waals surface area contributed by atoms with E-state index in [0.717, 1.165) is 6.20 Å². The lowest BCUT2D eigenvalue weighted by Gasteiger charge is -2.23. The summed E-state index contributed by atoms with van der Waals surface area (Å²) >= 11 is 0. The molecule has 0 aliphatic carbocycles. The van der Waals surface area contributed by atoms with Crippen LogP contribution >= 0.6 is 0 Å². The van der Waals surface area contributed by atoms with Crippen molar-refractivity contribution in [3.63, 3.8) is 0 Å². The molecule has 1 heterocycles. The van der Waals surface area contributed by atoms with Crippen LogP contribution in [0.15, 0.2) is 54.7 Å². The molecule has 0 atom stereocenters. The van der Waals surface area contributed by atoms with E-state index in [2.05, 4.69) is 15.3 Å². The molecule has 6 nitrogen and oxygen atoms in total. The van der Waals surface area contributed by atoms with E-state index >= 15 is 0 Å². The van der Waals surface area contributed by atoms with E-state index in [0.29, 0.717) is 29.5 Å². The summed E-state index contributed by atoms with van der Waals surface area (Å²) in [4.78, 5) is 9.39. The second-order valence-electron chi connectivity index (χ2n) is 7.23. The van der Waals surface area contributed by atoms with E-state index in [4.69, 9.17) is 9.47 Å². The van der Waals surface area contributed by atoms with Gasteiger partial charge in [0.2, 0.25) is 5.95 Å². The van der Waals surface area contributed by atoms with Crippen LogP contribution < -0.4 is 19.7 Å². The first kappa shape index (κ1) is 23.2. The van der Waals surface area contributed by atoms with E-state index < -0.39 is 11.7 Å². The number of rotatable bonds is 8. The monoisotopic (exact) mass is 446 g/mol. The van der Waals surface area contributed by atoms with Gasteiger partial charge < -0.3 is 19.7 Å². The molecule has 0 unspecified atom stereocenters. The summed E-state index contributed by atoms with van der Waals surface area (Å²) in [6.07, 6.45) is -3.79. The minimum absolute atomic E-state index is 0.0350. The van der Waals surface area contributed by atoms with Gasteiger partial charge in [-0.25, -0.2) is 4.98 Å². The van der Waals surface area contributed by atoms with Crippen LogP contribution in [0.5, 0.6) is 11.5 Å². The Balaban J connectivity index is 1.89. The van der Waals surface area contributed by atoms with Gasteiger partial charge in [-0.05, 0) is 69.3 Å². The second kappa shape index (κ2) is 9.76. The van der Waals surface area contributed by atoms with Crippen molar-refractivity contribution in [3.8, 4) is 11.5 Å². The molecule has 0 fully saturated rings. The van der Waals surface area contributed by atoms with Gasteiger partial charge in [-0.2, -0.15) is 18.2 Å². The first-order chi connectivity index (χ1) is 15.2. The summed E-state index contributed by atoms with van der Waals surface area (Å²) < 4.78 is 51.9. The van der Waals surface area contributed by atoms with E-state index in [1.165, 1.54) is 11.9 Å². The number of halogens is 3. The molecule has 3 rings (SSSR count). The Morgan fingerprint density at radius 1 is 1.00 bits per heavy atom. The Kier molecular flexibility index (Phi) is 7.07. The molecule has 0 saturated carbocycles. The second-order valence-corrected chi connectivity index (χ2v) is 7.23. The molecule has 3 aromatic rings. The van der Waals surface area contributed by atoms with Gasteiger partial charge in [0.1, 0.15) is 17.1 Å². The van der Waals surface area contributed by atoms with Crippen molar-refractivity contribution in [1.82, 2.24) is 9.97 Å². The summed E-state index contributed by atoms with van der Waals surface area (Å²) in [5, 5.41) is 2.94. The SMILES string of the molecule is CCOc1ccc(N(C)c2nc(Nc3ccc(OC(C)C)cc3)ncc2C(F)(F)F)cc1. The summed E-state index contributed by atoms with van der Waals surface area (Å²) in [5.41, 5.74) is 0.217. The Hall–Kier alpha value is -3.49. The fourth-order valence-corrected chi connectivity index (χ4v) is 2.96. The van der Waals surface area contributed by atoms with Gasteiger partial charge in [0, 0.05) is 24.6 Å². The molecule has 170 valence electrons. The van der Waals surface area contributed by atoms with Crippen LogP contribution in [0.2, 0.25) is 0 Å². The van der Waals surface area contributed by atoms with Crippen molar-refractivity contribution in [2.24, 2.45) is 0 Å². The highest BCUT2D eigenvalue weighted by Crippen LogP contribution is 2.38. The zero-order valence-corrected chi connectivity index (χ0v) is 18.3. The van der Waals surface area contributed by atoms with Gasteiger partial charge in [0.25, 0.3) is 0 Å². The van der Waals surface area contributed by atoms with E-state index in [-0.39, 0.29) is 17.9 Å². The highest BCUT2D eigenvalue weighted by Gasteiger charge is 2.36. The third kappa shape index (κ3) is 5.81. The molecular weight excluding hydrogens is 421 g/mol. The molecule has 0 bridgehead atoms. The normalized spacial score (nSPS) is 11.4. The molecule has 1 N–H and O–H groups in total. The van der Waals surface area contributed by atoms with Crippen molar-refractivity contribution < 1.29 is 22.6 Å². The fraction of sp³-hybridized carbons (Fsp3) is 0.304. The maximum absolute atomic E-state index is 13.6. The standard InChI is InChI=1S/C23H25F3N4O2/c1-5-31-18-12-8-17(9-13-18)30(4)21-20(23(24,25)26)14-27-22(29-21)28-16-6-10-19(11-7-16)32-15(2)3/h6-15H,5H2,1-4H3,(H,27,28,29). The number of nitrogens with zero attached hydrogens (tertiary/aromatic N) is 3. The number of aromatic nitrogens is 2. The summed E-state index contributed by atoms with van der Waals surface area (Å²) in [7, 11) is 1.52. The van der Waals surface area contributed by atoms with Gasteiger partial charge in [0.05, 0.1) is 12.7 Å². The van der Waals surface area contributed by atoms with Crippen LogP contribution in [0.1, 0.15) is 26.3 Å². The zero-order chi connectivity index (χ0) is 23.3. The molecule has 32 heavy (non-hydrogen) atoms. The van der Waals surface area contributed by atoms with Crippen LogP contribution in [0.25, 0.3) is 0 Å². The number of nitrogens with one attached hydrogen (secondary N) is 1. The number of hydrogen-bond acceptors (Lipinski definition) is 6. The first-order valence-corrected chi connectivity index (χ1v) is 10.1. The number of hydrogen-bond donors (Lipinski definition) is 1. The maximum atomic E-state index is 13.6. The summed E-state index contributed by atoms with van der Waals surface area (Å²) in [6.45, 7) is 6.20. The average Bonchev–Trinajstić information content (AvgIpc) is 2.74. The van der Waals surface area contributed by atoms with E-state index in [9.17, 15) is 13.2 Å². The van der Waals surface area contributed by atoms with Crippen molar-refractivity contribution in [2.45, 2.75) is 33.1 Å². The number of ether oxygens (including phenoxy) is 2. The average molecular weight is 446 g/mol. The quantitative estimate of drug-likeness (QED) is 0.445. The third-order valence-corrected chi connectivity index (χ3v) is 4.41. The molecule has 9 heteroatoms. The molecule has 2 aromatic carbocycles. The van der Waals surface area contributed by atoms with Crippen LogP contribution in [0.3, 0.4) is 0 Å². The topological polar surface area (TPSA) is 59.5 Å². The van der Waals surface area contributed by atoms with Crippen molar-refractivity contribution in [2.75, 3.05) is 23.9 Å². The van der Waals surface area contributed by atoms with Crippen molar-refractivity contribution in [1.29, 1.82) is 0 Å². The fourth-order valence-electron chi connectivity index (χ4n) is 2.96. The van der Waals surface area contributed by atoms with Crippen LogP contribution in [-0.4, -0.2) is 29.7 Å². The summed E-state index contributed by atoms with van der Waals surface area (Å²) in [6, 6.07) is 13.8. The lowest BCUT2D eigenvalue weighted by molar-refractivity contribution is -0.137. The smallest absolute Gasteiger partial charge is 0.421 e. The number of benzene rings is 2. The van der Waals surface area contributed by atoms with Crippen molar-refractivity contribution in [3.05, 3.63) is 60.3 Å². The van der Waals surface area contributed by atoms with Crippen LogP contribution in [0.4, 0.5) is 36.3 Å². The van der Waals surface area contributed by atoms with Crippen molar-refractivity contribution >= 4 is 23.1 Å². The van der Waals surface area contributed by atoms with E-state index in [1.807, 2.05) is 20.8 Å². The predicted octanol–water partition coefficient (Wildman–Crippen LogP) is 6.19. The van der Waals surface area contributed by atoms with Gasteiger partial charge >= 0.3 is 6.18 Å². The largest absolute Gasteiger partial charge is 0.494 e. The lowest BCUT2D eigenvalue weighted by atomic mass is 10.2. The summed E-state index contributed by atoms with van der Waals surface area (Å²) in [5.74, 6) is 1.10. The Labute approximate surface area is 185 Å². The Bertz CT molecular complexity index is 1020. The minimum Gasteiger partial charge on any atom is -0.494 e. The predicted molar refractivity (Wildman–Crippen MR) is 118 cm³/mol. The molecule has 0 spiro atoms. The number of anilines is 4. The molecule has 0 amide bonds. The molecule has 0 radical (unpaired) electrons. The van der Waals surface area contributed by atoms with E-state index in [1.54, 1.807) is 48.5 Å². The highest BCUT2D eigenvalue weighted by molar-refractivity contribution is 5.65. The lowest BCUT2D eigenvalue weighted by Crippen LogP contribution is -2.19. The van der Waals surface area contributed by atoms with Gasteiger partial charge in [0.15, 0.2) is 5.82 Å². The Morgan fingerprint density at radius 3 is 2.19 bits per heavy atom. The third-order valence-electron chi connectivity index (χ3n) is 4.41. The number of alkyl halides is 3. The van der Waals surface area contributed by atoms with Gasteiger partial charge in [-0.1, -0.05) is 0 Å². The molecule has 1 aromatic heterocycles. The molecular formula is C23H25F3N4O2. The van der Waals surface area contributed by atoms with Gasteiger partial charge in [-0.15, -0.1) is 0 Å². The molecule has 0 aliphatic heterocycles. The zero-order valence-electron chi connectivity index (χ0n) is 18.3.